The lowest BCUT2D eigenvalue weighted by Crippen LogP contribution is -2.15. The van der Waals surface area contributed by atoms with Gasteiger partial charge in [0, 0.05) is 30.4 Å². The number of hydrogen-bond donors (Lipinski definition) is 1. The zero-order valence-corrected chi connectivity index (χ0v) is 12.0. The molecule has 20 heavy (non-hydrogen) atoms. The maximum atomic E-state index is 5.11. The summed E-state index contributed by atoms with van der Waals surface area (Å²) in [6.45, 7) is 3.08. The molecule has 3 heteroatoms. The van der Waals surface area contributed by atoms with Gasteiger partial charge in [-0.3, -0.25) is 0 Å². The Morgan fingerprint density at radius 2 is 2.10 bits per heavy atom. The molecule has 1 aromatic carbocycles. The van der Waals surface area contributed by atoms with Crippen molar-refractivity contribution >= 4 is 0 Å². The van der Waals surface area contributed by atoms with Crippen molar-refractivity contribution in [1.29, 1.82) is 0 Å². The van der Waals surface area contributed by atoms with E-state index in [0.29, 0.717) is 5.88 Å². The standard InChI is InChI=1S/C17H20N2O/c1-12-3-4-13(10-18-15-6-7-15)9-16(12)14-5-8-17(20-2)19-11-14/h3-5,8-9,11,15,18H,6-7,10H2,1-2H3. The largest absolute Gasteiger partial charge is 0.481 e. The smallest absolute Gasteiger partial charge is 0.212 e. The van der Waals surface area contributed by atoms with Gasteiger partial charge in [0.2, 0.25) is 5.88 Å². The molecule has 2 aromatic rings. The van der Waals surface area contributed by atoms with E-state index in [1.54, 1.807) is 7.11 Å². The maximum Gasteiger partial charge on any atom is 0.212 e. The molecule has 0 atom stereocenters. The third-order valence-corrected chi connectivity index (χ3v) is 3.73. The summed E-state index contributed by atoms with van der Waals surface area (Å²) in [6.07, 6.45) is 4.52. The molecule has 1 aliphatic carbocycles. The number of hydrogen-bond acceptors (Lipinski definition) is 3. The normalized spacial score (nSPS) is 14.3. The molecule has 3 rings (SSSR count). The monoisotopic (exact) mass is 268 g/mol. The van der Waals surface area contributed by atoms with Gasteiger partial charge in [-0.2, -0.15) is 0 Å². The minimum atomic E-state index is 0.651. The molecular formula is C17H20N2O. The van der Waals surface area contributed by atoms with Gasteiger partial charge in [0.05, 0.1) is 7.11 Å². The van der Waals surface area contributed by atoms with Crippen molar-refractivity contribution in [2.75, 3.05) is 7.11 Å². The van der Waals surface area contributed by atoms with Gasteiger partial charge < -0.3 is 10.1 Å². The highest BCUT2D eigenvalue weighted by Gasteiger charge is 2.20. The van der Waals surface area contributed by atoms with Gasteiger partial charge in [-0.25, -0.2) is 4.98 Å². The highest BCUT2D eigenvalue weighted by Crippen LogP contribution is 2.26. The van der Waals surface area contributed by atoms with E-state index < -0.39 is 0 Å². The molecule has 0 radical (unpaired) electrons. The van der Waals surface area contributed by atoms with Crippen LogP contribution >= 0.6 is 0 Å². The average molecular weight is 268 g/mol. The molecule has 1 saturated carbocycles. The topological polar surface area (TPSA) is 34.1 Å². The summed E-state index contributed by atoms with van der Waals surface area (Å²) in [5, 5.41) is 3.55. The number of aryl methyl sites for hydroxylation is 1. The summed E-state index contributed by atoms with van der Waals surface area (Å²) < 4.78 is 5.11. The van der Waals surface area contributed by atoms with E-state index in [1.165, 1.54) is 29.5 Å². The average Bonchev–Trinajstić information content (AvgIpc) is 3.31. The van der Waals surface area contributed by atoms with Crippen LogP contribution in [-0.4, -0.2) is 18.1 Å². The van der Waals surface area contributed by atoms with Crippen LogP contribution in [0.3, 0.4) is 0 Å². The van der Waals surface area contributed by atoms with Gasteiger partial charge in [0.15, 0.2) is 0 Å². The number of methoxy groups -OCH3 is 1. The summed E-state index contributed by atoms with van der Waals surface area (Å²) in [4.78, 5) is 4.29. The van der Waals surface area contributed by atoms with Crippen molar-refractivity contribution in [3.63, 3.8) is 0 Å². The maximum absolute atomic E-state index is 5.11. The summed E-state index contributed by atoms with van der Waals surface area (Å²) in [7, 11) is 1.64. The van der Waals surface area contributed by atoms with E-state index in [4.69, 9.17) is 4.74 Å². The van der Waals surface area contributed by atoms with Crippen molar-refractivity contribution < 1.29 is 4.74 Å². The van der Waals surface area contributed by atoms with Crippen LogP contribution in [0.4, 0.5) is 0 Å². The second-order valence-corrected chi connectivity index (χ2v) is 5.39. The molecule has 3 nitrogen and oxygen atoms in total. The van der Waals surface area contributed by atoms with Gasteiger partial charge >= 0.3 is 0 Å². The molecule has 0 bridgehead atoms. The van der Waals surface area contributed by atoms with Gasteiger partial charge in [-0.05, 0) is 48.6 Å². The zero-order valence-electron chi connectivity index (χ0n) is 12.0. The lowest BCUT2D eigenvalue weighted by Gasteiger charge is -2.10. The third kappa shape index (κ3) is 2.99. The molecule has 104 valence electrons. The lowest BCUT2D eigenvalue weighted by molar-refractivity contribution is 0.398. The lowest BCUT2D eigenvalue weighted by atomic mass is 9.99. The SMILES string of the molecule is COc1ccc(-c2cc(CNC3CC3)ccc2C)cn1. The van der Waals surface area contributed by atoms with Crippen molar-refractivity contribution in [3.8, 4) is 17.0 Å². The van der Waals surface area contributed by atoms with Crippen LogP contribution in [0.5, 0.6) is 5.88 Å². The Hall–Kier alpha value is -1.87. The van der Waals surface area contributed by atoms with Crippen LogP contribution in [0.2, 0.25) is 0 Å². The van der Waals surface area contributed by atoms with Crippen LogP contribution < -0.4 is 10.1 Å². The van der Waals surface area contributed by atoms with E-state index >= 15 is 0 Å². The predicted octanol–water partition coefficient (Wildman–Crippen LogP) is 3.32. The molecule has 0 saturated heterocycles. The Morgan fingerprint density at radius 3 is 2.75 bits per heavy atom. The van der Waals surface area contributed by atoms with Crippen LogP contribution in [0.1, 0.15) is 24.0 Å². The molecule has 1 aliphatic rings. The Bertz CT molecular complexity index is 588. The molecule has 0 spiro atoms. The molecular weight excluding hydrogens is 248 g/mol. The zero-order chi connectivity index (χ0) is 13.9. The highest BCUT2D eigenvalue weighted by atomic mass is 16.5. The van der Waals surface area contributed by atoms with Crippen molar-refractivity contribution in [2.24, 2.45) is 0 Å². The predicted molar refractivity (Wildman–Crippen MR) is 80.8 cm³/mol. The van der Waals surface area contributed by atoms with Gasteiger partial charge in [0.1, 0.15) is 0 Å². The van der Waals surface area contributed by atoms with E-state index in [0.717, 1.165) is 18.2 Å². The number of ether oxygens (including phenoxy) is 1. The van der Waals surface area contributed by atoms with E-state index in [-0.39, 0.29) is 0 Å². The Morgan fingerprint density at radius 1 is 1.25 bits per heavy atom. The first kappa shape index (κ1) is 13.1. The minimum Gasteiger partial charge on any atom is -0.481 e. The second-order valence-electron chi connectivity index (χ2n) is 5.39. The molecule has 1 N–H and O–H groups in total. The van der Waals surface area contributed by atoms with Crippen LogP contribution in [-0.2, 0) is 6.54 Å². The van der Waals surface area contributed by atoms with Crippen molar-refractivity contribution in [2.45, 2.75) is 32.4 Å². The fourth-order valence-electron chi connectivity index (χ4n) is 2.30. The Kier molecular flexibility index (Phi) is 3.70. The van der Waals surface area contributed by atoms with Crippen LogP contribution in [0.15, 0.2) is 36.5 Å². The number of nitrogens with one attached hydrogen (secondary N) is 1. The summed E-state index contributed by atoms with van der Waals surface area (Å²) >= 11 is 0. The van der Waals surface area contributed by atoms with Crippen molar-refractivity contribution in [1.82, 2.24) is 10.3 Å². The second kappa shape index (κ2) is 5.63. The fourth-order valence-corrected chi connectivity index (χ4v) is 2.30. The Balaban J connectivity index is 1.83. The quantitative estimate of drug-likeness (QED) is 0.903. The summed E-state index contributed by atoms with van der Waals surface area (Å²) in [5.74, 6) is 0.651. The highest BCUT2D eigenvalue weighted by molar-refractivity contribution is 5.67. The molecule has 0 unspecified atom stereocenters. The van der Waals surface area contributed by atoms with Crippen LogP contribution in [0, 0.1) is 6.92 Å². The van der Waals surface area contributed by atoms with Crippen LogP contribution in [0.25, 0.3) is 11.1 Å². The Labute approximate surface area is 120 Å². The molecule has 1 fully saturated rings. The third-order valence-electron chi connectivity index (χ3n) is 3.73. The first-order chi connectivity index (χ1) is 9.76. The van der Waals surface area contributed by atoms with Crippen molar-refractivity contribution in [3.05, 3.63) is 47.7 Å². The number of rotatable bonds is 5. The van der Waals surface area contributed by atoms with E-state index in [2.05, 4.69) is 41.5 Å². The van der Waals surface area contributed by atoms with E-state index in [9.17, 15) is 0 Å². The first-order valence-corrected chi connectivity index (χ1v) is 7.09. The molecule has 1 heterocycles. The van der Waals surface area contributed by atoms with Gasteiger partial charge in [-0.1, -0.05) is 12.1 Å². The summed E-state index contributed by atoms with van der Waals surface area (Å²) in [6, 6.07) is 11.3. The number of aromatic nitrogens is 1. The molecule has 0 aliphatic heterocycles. The number of benzene rings is 1. The van der Waals surface area contributed by atoms with Gasteiger partial charge in [0.25, 0.3) is 0 Å². The summed E-state index contributed by atoms with van der Waals surface area (Å²) in [5.41, 5.74) is 4.98. The van der Waals surface area contributed by atoms with E-state index in [1.807, 2.05) is 12.3 Å². The molecule has 0 amide bonds. The first-order valence-electron chi connectivity index (χ1n) is 7.09. The number of nitrogens with zero attached hydrogens (tertiary/aromatic N) is 1. The molecule has 1 aromatic heterocycles. The number of pyridine rings is 1. The fraction of sp³-hybridized carbons (Fsp3) is 0.353. The van der Waals surface area contributed by atoms with Gasteiger partial charge in [-0.15, -0.1) is 0 Å². The minimum absolute atomic E-state index is 0.651.